The van der Waals surface area contributed by atoms with Crippen molar-refractivity contribution in [1.29, 1.82) is 0 Å². The fourth-order valence-electron chi connectivity index (χ4n) is 2.34. The summed E-state index contributed by atoms with van der Waals surface area (Å²) in [7, 11) is 0. The van der Waals surface area contributed by atoms with Crippen molar-refractivity contribution in [2.45, 2.75) is 45.1 Å². The molecule has 2 N–H and O–H groups in total. The van der Waals surface area contributed by atoms with Crippen molar-refractivity contribution in [2.24, 2.45) is 5.92 Å². The third-order valence-corrected chi connectivity index (χ3v) is 3.39. The van der Waals surface area contributed by atoms with Gasteiger partial charge >= 0.3 is 0 Å². The number of hydrogen-bond donors (Lipinski definition) is 2. The molecule has 0 spiro atoms. The first-order chi connectivity index (χ1) is 7.77. The Morgan fingerprint density at radius 1 is 1.38 bits per heavy atom. The maximum Gasteiger partial charge on any atom is 0.290 e. The first-order valence-corrected chi connectivity index (χ1v) is 6.07. The van der Waals surface area contributed by atoms with Crippen LogP contribution in [0.2, 0.25) is 0 Å². The summed E-state index contributed by atoms with van der Waals surface area (Å²) < 4.78 is 0. The van der Waals surface area contributed by atoms with E-state index in [1.54, 1.807) is 12.4 Å². The molecule has 0 bridgehead atoms. The molecule has 1 heterocycles. The van der Waals surface area contributed by atoms with Crippen LogP contribution in [-0.4, -0.2) is 16.0 Å². The Bertz CT molecular complexity index is 388. The van der Waals surface area contributed by atoms with Crippen LogP contribution in [0.15, 0.2) is 17.2 Å². The van der Waals surface area contributed by atoms with Gasteiger partial charge in [-0.05, 0) is 18.8 Å². The molecule has 0 radical (unpaired) electrons. The van der Waals surface area contributed by atoms with Crippen LogP contribution >= 0.6 is 0 Å². The molecule has 2 rings (SSSR count). The van der Waals surface area contributed by atoms with E-state index < -0.39 is 0 Å². The Labute approximate surface area is 95.5 Å². The minimum atomic E-state index is -0.126. The minimum Gasteiger partial charge on any atom is -0.362 e. The van der Waals surface area contributed by atoms with E-state index in [-0.39, 0.29) is 5.56 Å². The van der Waals surface area contributed by atoms with Crippen molar-refractivity contribution in [2.75, 3.05) is 5.32 Å². The van der Waals surface area contributed by atoms with Gasteiger partial charge in [-0.25, -0.2) is 4.98 Å². The van der Waals surface area contributed by atoms with Gasteiger partial charge in [0.1, 0.15) is 0 Å². The first-order valence-electron chi connectivity index (χ1n) is 6.07. The number of anilines is 1. The Hall–Kier alpha value is -1.32. The summed E-state index contributed by atoms with van der Waals surface area (Å²) in [6, 6.07) is 0.387. The molecule has 0 amide bonds. The van der Waals surface area contributed by atoms with Crippen molar-refractivity contribution >= 4 is 5.82 Å². The number of aromatic amines is 1. The fourth-order valence-corrected chi connectivity index (χ4v) is 2.34. The van der Waals surface area contributed by atoms with Gasteiger partial charge < -0.3 is 10.3 Å². The predicted molar refractivity (Wildman–Crippen MR) is 64.5 cm³/mol. The molecule has 4 nitrogen and oxygen atoms in total. The normalized spacial score (nSPS) is 26.1. The van der Waals surface area contributed by atoms with Crippen LogP contribution in [0, 0.1) is 5.92 Å². The molecule has 0 aliphatic heterocycles. The molecule has 4 heteroatoms. The summed E-state index contributed by atoms with van der Waals surface area (Å²) in [4.78, 5) is 18.2. The average molecular weight is 221 g/mol. The lowest BCUT2D eigenvalue weighted by Crippen LogP contribution is -2.30. The topological polar surface area (TPSA) is 57.8 Å². The van der Waals surface area contributed by atoms with Gasteiger partial charge in [-0.2, -0.15) is 0 Å². The van der Waals surface area contributed by atoms with E-state index in [0.29, 0.717) is 17.8 Å². The van der Waals surface area contributed by atoms with Gasteiger partial charge in [0.25, 0.3) is 5.56 Å². The second-order valence-electron chi connectivity index (χ2n) is 4.63. The zero-order valence-electron chi connectivity index (χ0n) is 9.70. The van der Waals surface area contributed by atoms with Crippen molar-refractivity contribution in [3.63, 3.8) is 0 Å². The van der Waals surface area contributed by atoms with Gasteiger partial charge in [-0.15, -0.1) is 0 Å². The molecule has 1 aromatic rings. The van der Waals surface area contributed by atoms with E-state index in [4.69, 9.17) is 0 Å². The number of hydrogen-bond acceptors (Lipinski definition) is 3. The molecule has 16 heavy (non-hydrogen) atoms. The van der Waals surface area contributed by atoms with Gasteiger partial charge in [-0.3, -0.25) is 4.79 Å². The highest BCUT2D eigenvalue weighted by atomic mass is 16.1. The Balaban J connectivity index is 2.08. The lowest BCUT2D eigenvalue weighted by molar-refractivity contribution is 0.455. The summed E-state index contributed by atoms with van der Waals surface area (Å²) in [5.41, 5.74) is -0.126. The molecule has 2 atom stereocenters. The lowest BCUT2D eigenvalue weighted by Gasteiger charge is -2.22. The van der Waals surface area contributed by atoms with Gasteiger partial charge in [-0.1, -0.05) is 26.2 Å². The highest BCUT2D eigenvalue weighted by molar-refractivity contribution is 5.31. The van der Waals surface area contributed by atoms with Gasteiger partial charge in [0.05, 0.1) is 0 Å². The first kappa shape index (κ1) is 11.2. The maximum atomic E-state index is 11.5. The molecular weight excluding hydrogens is 202 g/mol. The number of aromatic nitrogens is 2. The maximum absolute atomic E-state index is 11.5. The summed E-state index contributed by atoms with van der Waals surface area (Å²) in [5, 5.41) is 3.28. The number of nitrogens with one attached hydrogen (secondary N) is 2. The number of nitrogens with zero attached hydrogens (tertiary/aromatic N) is 1. The van der Waals surface area contributed by atoms with E-state index in [1.165, 1.54) is 25.7 Å². The second-order valence-corrected chi connectivity index (χ2v) is 4.63. The minimum absolute atomic E-state index is 0.126. The largest absolute Gasteiger partial charge is 0.362 e. The van der Waals surface area contributed by atoms with Crippen LogP contribution in [0.1, 0.15) is 39.0 Å². The van der Waals surface area contributed by atoms with E-state index in [9.17, 15) is 4.79 Å². The van der Waals surface area contributed by atoms with Crippen LogP contribution in [0.5, 0.6) is 0 Å². The predicted octanol–water partition coefficient (Wildman–Crippen LogP) is 2.15. The molecule has 0 aromatic carbocycles. The van der Waals surface area contributed by atoms with Crippen LogP contribution in [-0.2, 0) is 0 Å². The van der Waals surface area contributed by atoms with E-state index >= 15 is 0 Å². The molecule has 88 valence electrons. The molecule has 1 aliphatic carbocycles. The van der Waals surface area contributed by atoms with Crippen LogP contribution in [0.4, 0.5) is 5.82 Å². The summed E-state index contributed by atoms with van der Waals surface area (Å²) in [5.74, 6) is 1.07. The number of H-pyrrole nitrogens is 1. The van der Waals surface area contributed by atoms with Crippen molar-refractivity contribution in [3.05, 3.63) is 22.7 Å². The van der Waals surface area contributed by atoms with Gasteiger partial charge in [0.2, 0.25) is 0 Å². The third-order valence-electron chi connectivity index (χ3n) is 3.39. The van der Waals surface area contributed by atoms with Gasteiger partial charge in [0.15, 0.2) is 5.82 Å². The molecular formula is C12H19N3O. The third kappa shape index (κ3) is 2.62. The quantitative estimate of drug-likeness (QED) is 0.752. The van der Waals surface area contributed by atoms with E-state index in [1.807, 2.05) is 0 Å². The summed E-state index contributed by atoms with van der Waals surface area (Å²) in [6.45, 7) is 2.25. The molecule has 2 unspecified atom stereocenters. The molecule has 1 aliphatic rings. The van der Waals surface area contributed by atoms with Crippen LogP contribution < -0.4 is 10.9 Å². The second kappa shape index (κ2) is 5.14. The van der Waals surface area contributed by atoms with Crippen molar-refractivity contribution in [1.82, 2.24) is 9.97 Å². The number of rotatable bonds is 2. The molecule has 1 aromatic heterocycles. The smallest absolute Gasteiger partial charge is 0.290 e. The van der Waals surface area contributed by atoms with Crippen molar-refractivity contribution < 1.29 is 0 Å². The van der Waals surface area contributed by atoms with E-state index in [0.717, 1.165) is 6.42 Å². The lowest BCUT2D eigenvalue weighted by atomic mass is 9.97. The molecule has 1 fully saturated rings. The Morgan fingerprint density at radius 3 is 3.00 bits per heavy atom. The Morgan fingerprint density at radius 2 is 2.19 bits per heavy atom. The molecule has 1 saturated carbocycles. The molecule has 0 saturated heterocycles. The van der Waals surface area contributed by atoms with Crippen LogP contribution in [0.25, 0.3) is 0 Å². The van der Waals surface area contributed by atoms with Crippen molar-refractivity contribution in [3.8, 4) is 0 Å². The highest BCUT2D eigenvalue weighted by Crippen LogP contribution is 2.24. The fraction of sp³-hybridized carbons (Fsp3) is 0.667. The standard InChI is InChI=1S/C12H19N3O/c1-9-5-3-2-4-6-10(9)15-11-12(16)14-8-7-13-11/h7-10H,2-6H2,1H3,(H,13,15)(H,14,16). The summed E-state index contributed by atoms with van der Waals surface area (Å²) >= 11 is 0. The zero-order valence-corrected chi connectivity index (χ0v) is 9.70. The van der Waals surface area contributed by atoms with Gasteiger partial charge in [0, 0.05) is 18.4 Å². The Kier molecular flexibility index (Phi) is 3.59. The van der Waals surface area contributed by atoms with Crippen LogP contribution in [0.3, 0.4) is 0 Å². The monoisotopic (exact) mass is 221 g/mol. The average Bonchev–Trinajstić information content (AvgIpc) is 2.48. The zero-order chi connectivity index (χ0) is 11.4. The summed E-state index contributed by atoms with van der Waals surface area (Å²) in [6.07, 6.45) is 9.40. The highest BCUT2D eigenvalue weighted by Gasteiger charge is 2.20. The SMILES string of the molecule is CC1CCCCCC1Nc1ncc[nH]c1=O. The van der Waals surface area contributed by atoms with E-state index in [2.05, 4.69) is 22.2 Å².